The molecule has 0 N–H and O–H groups in total. The number of halogens is 1. The van der Waals surface area contributed by atoms with Crippen molar-refractivity contribution in [3.8, 4) is 0 Å². The Balaban J connectivity index is 1.64. The zero-order valence-corrected chi connectivity index (χ0v) is 16.3. The largest absolute Gasteiger partial charge is 0.338 e. The van der Waals surface area contributed by atoms with Crippen LogP contribution < -0.4 is 0 Å². The van der Waals surface area contributed by atoms with Gasteiger partial charge in [-0.05, 0) is 31.5 Å². The molecule has 24 heavy (non-hydrogen) atoms. The number of hydrogen-bond donors (Lipinski definition) is 0. The second-order valence-corrected chi connectivity index (χ2v) is 10.5. The minimum absolute atomic E-state index is 0.0399. The van der Waals surface area contributed by atoms with Crippen molar-refractivity contribution in [1.29, 1.82) is 0 Å². The highest BCUT2D eigenvalue weighted by Gasteiger charge is 2.33. The van der Waals surface area contributed by atoms with Gasteiger partial charge in [-0.1, -0.05) is 23.4 Å². The van der Waals surface area contributed by atoms with Gasteiger partial charge in [0.25, 0.3) is 0 Å². The van der Waals surface area contributed by atoms with Crippen LogP contribution in [0.5, 0.6) is 0 Å². The van der Waals surface area contributed by atoms with Crippen molar-refractivity contribution in [1.82, 2.24) is 9.88 Å². The van der Waals surface area contributed by atoms with Crippen molar-refractivity contribution < 1.29 is 13.2 Å². The molecular formula is C15H17ClN2O3S3. The van der Waals surface area contributed by atoms with Crippen molar-refractivity contribution in [3.63, 3.8) is 0 Å². The molecule has 0 bridgehead atoms. The van der Waals surface area contributed by atoms with E-state index in [-0.39, 0.29) is 29.2 Å². The molecule has 2 aromatic rings. The van der Waals surface area contributed by atoms with Crippen LogP contribution in [0.4, 0.5) is 0 Å². The fourth-order valence-corrected chi connectivity index (χ4v) is 6.64. The van der Waals surface area contributed by atoms with Crippen LogP contribution in [-0.4, -0.2) is 54.1 Å². The molecule has 1 aromatic heterocycles. The summed E-state index contributed by atoms with van der Waals surface area (Å²) >= 11 is 8.87. The predicted molar refractivity (Wildman–Crippen MR) is 99.8 cm³/mol. The van der Waals surface area contributed by atoms with Gasteiger partial charge in [0, 0.05) is 17.6 Å². The lowest BCUT2D eigenvalue weighted by Gasteiger charge is -2.26. The molecule has 0 saturated carbocycles. The fourth-order valence-electron chi connectivity index (χ4n) is 2.81. The normalized spacial score (nSPS) is 19.7. The number of carbonyl (C=O) groups excluding carboxylic acids is 1. The molecule has 2 heterocycles. The first-order chi connectivity index (χ1) is 11.4. The zero-order valence-electron chi connectivity index (χ0n) is 13.1. The summed E-state index contributed by atoms with van der Waals surface area (Å²) in [5.74, 6) is 0.476. The Morgan fingerprint density at radius 3 is 2.96 bits per heavy atom. The van der Waals surface area contributed by atoms with Crippen molar-refractivity contribution in [2.24, 2.45) is 0 Å². The topological polar surface area (TPSA) is 67.3 Å². The summed E-state index contributed by atoms with van der Waals surface area (Å²) in [5.41, 5.74) is 0.830. The molecule has 1 unspecified atom stereocenters. The molecule has 1 aliphatic heterocycles. The van der Waals surface area contributed by atoms with Gasteiger partial charge in [0.05, 0.1) is 27.5 Å². The summed E-state index contributed by atoms with van der Waals surface area (Å²) in [6.07, 6.45) is 0.534. The summed E-state index contributed by atoms with van der Waals surface area (Å²) in [6, 6.07) is 5.35. The third kappa shape index (κ3) is 4.04. The Morgan fingerprint density at radius 1 is 1.50 bits per heavy atom. The number of aromatic nitrogens is 1. The zero-order chi connectivity index (χ0) is 17.3. The van der Waals surface area contributed by atoms with Crippen LogP contribution in [0.2, 0.25) is 5.02 Å². The lowest BCUT2D eigenvalue weighted by atomic mass is 10.2. The summed E-state index contributed by atoms with van der Waals surface area (Å²) in [4.78, 5) is 18.6. The lowest BCUT2D eigenvalue weighted by molar-refractivity contribution is -0.129. The molecule has 1 aromatic carbocycles. The number of rotatable bonds is 5. The van der Waals surface area contributed by atoms with Gasteiger partial charge in [-0.3, -0.25) is 4.79 Å². The molecule has 0 spiro atoms. The molecule has 0 radical (unpaired) electrons. The predicted octanol–water partition coefficient (Wildman–Crippen LogP) is 3.08. The monoisotopic (exact) mass is 404 g/mol. The number of hydrogen-bond acceptors (Lipinski definition) is 6. The van der Waals surface area contributed by atoms with E-state index in [0.29, 0.717) is 18.0 Å². The maximum Gasteiger partial charge on any atom is 0.233 e. The Bertz CT molecular complexity index is 866. The molecule has 1 saturated heterocycles. The molecule has 1 fully saturated rings. The van der Waals surface area contributed by atoms with Gasteiger partial charge in [-0.15, -0.1) is 11.3 Å². The van der Waals surface area contributed by atoms with Gasteiger partial charge in [0.1, 0.15) is 0 Å². The van der Waals surface area contributed by atoms with Crippen LogP contribution in [-0.2, 0) is 14.6 Å². The highest BCUT2D eigenvalue weighted by atomic mass is 35.5. The van der Waals surface area contributed by atoms with E-state index in [1.165, 1.54) is 23.1 Å². The quantitative estimate of drug-likeness (QED) is 0.716. The average Bonchev–Trinajstić information content (AvgIpc) is 3.08. The third-order valence-corrected chi connectivity index (χ3v) is 8.11. The first-order valence-corrected chi connectivity index (χ1v) is 11.6. The van der Waals surface area contributed by atoms with E-state index >= 15 is 0 Å². The van der Waals surface area contributed by atoms with E-state index < -0.39 is 9.84 Å². The lowest BCUT2D eigenvalue weighted by Crippen LogP contribution is -2.41. The number of nitrogens with zero attached hydrogens (tertiary/aromatic N) is 2. The number of amides is 1. The van der Waals surface area contributed by atoms with Gasteiger partial charge < -0.3 is 4.90 Å². The highest BCUT2D eigenvalue weighted by Crippen LogP contribution is 2.31. The molecule has 9 heteroatoms. The van der Waals surface area contributed by atoms with Crippen molar-refractivity contribution in [2.75, 3.05) is 23.8 Å². The average molecular weight is 405 g/mol. The Kier molecular flexibility index (Phi) is 5.39. The van der Waals surface area contributed by atoms with Crippen LogP contribution in [0.15, 0.2) is 22.5 Å². The molecule has 1 aliphatic rings. The van der Waals surface area contributed by atoms with Crippen molar-refractivity contribution in [3.05, 3.63) is 23.2 Å². The Hall–Kier alpha value is -0.830. The summed E-state index contributed by atoms with van der Waals surface area (Å²) in [5, 5.41) is 0.639. The first kappa shape index (κ1) is 18.0. The Morgan fingerprint density at radius 2 is 2.29 bits per heavy atom. The van der Waals surface area contributed by atoms with Crippen LogP contribution in [0.1, 0.15) is 13.3 Å². The number of fused-ring (bicyclic) bond motifs is 1. The molecule has 1 atom stereocenters. The molecule has 0 aliphatic carbocycles. The molecule has 1 amide bonds. The van der Waals surface area contributed by atoms with Gasteiger partial charge in [0.15, 0.2) is 14.2 Å². The van der Waals surface area contributed by atoms with E-state index in [2.05, 4.69) is 4.98 Å². The summed E-state index contributed by atoms with van der Waals surface area (Å²) < 4.78 is 25.1. The number of thiazole rings is 1. The van der Waals surface area contributed by atoms with Crippen LogP contribution in [0.25, 0.3) is 10.2 Å². The summed E-state index contributed by atoms with van der Waals surface area (Å²) in [7, 11) is -3.00. The van der Waals surface area contributed by atoms with Crippen LogP contribution in [0, 0.1) is 0 Å². The van der Waals surface area contributed by atoms with E-state index in [0.717, 1.165) is 14.6 Å². The van der Waals surface area contributed by atoms with Crippen molar-refractivity contribution in [2.45, 2.75) is 23.7 Å². The number of carbonyl (C=O) groups is 1. The van der Waals surface area contributed by atoms with Gasteiger partial charge in [-0.2, -0.15) is 0 Å². The van der Waals surface area contributed by atoms with E-state index in [4.69, 9.17) is 11.6 Å². The maximum atomic E-state index is 12.5. The standard InChI is InChI=1S/C15H17ClN2O3S3/c1-2-18(11-5-6-24(20,21)9-11)14(19)8-22-15-17-12-7-10(16)3-4-13(12)23-15/h3-4,7,11H,2,5-6,8-9H2,1H3. The van der Waals surface area contributed by atoms with E-state index in [9.17, 15) is 13.2 Å². The molecule has 5 nitrogen and oxygen atoms in total. The van der Waals surface area contributed by atoms with Crippen LogP contribution in [0.3, 0.4) is 0 Å². The minimum atomic E-state index is -3.00. The number of thioether (sulfide) groups is 1. The highest BCUT2D eigenvalue weighted by molar-refractivity contribution is 8.01. The molecule has 130 valence electrons. The molecular weight excluding hydrogens is 388 g/mol. The van der Waals surface area contributed by atoms with Gasteiger partial charge in [0.2, 0.25) is 5.91 Å². The maximum absolute atomic E-state index is 12.5. The number of benzene rings is 1. The summed E-state index contributed by atoms with van der Waals surface area (Å²) in [6.45, 7) is 2.40. The smallest absolute Gasteiger partial charge is 0.233 e. The minimum Gasteiger partial charge on any atom is -0.338 e. The van der Waals surface area contributed by atoms with Crippen LogP contribution >= 0.6 is 34.7 Å². The van der Waals surface area contributed by atoms with Crippen molar-refractivity contribution >= 4 is 60.7 Å². The second-order valence-electron chi connectivity index (χ2n) is 5.62. The van der Waals surface area contributed by atoms with E-state index in [1.807, 2.05) is 19.1 Å². The van der Waals surface area contributed by atoms with E-state index in [1.54, 1.807) is 11.0 Å². The molecule has 3 rings (SSSR count). The SMILES string of the molecule is CCN(C(=O)CSc1nc2cc(Cl)ccc2s1)C1CCS(=O)(=O)C1. The number of sulfone groups is 1. The Labute approximate surface area is 154 Å². The van der Waals surface area contributed by atoms with Gasteiger partial charge in [-0.25, -0.2) is 13.4 Å². The third-order valence-electron chi connectivity index (χ3n) is 3.96. The first-order valence-electron chi connectivity index (χ1n) is 7.57. The van der Waals surface area contributed by atoms with Gasteiger partial charge >= 0.3 is 0 Å². The fraction of sp³-hybridized carbons (Fsp3) is 0.467. The second kappa shape index (κ2) is 7.19.